The number of aryl methyl sites for hydroxylation is 1. The van der Waals surface area contributed by atoms with E-state index in [2.05, 4.69) is 63.6 Å². The summed E-state index contributed by atoms with van der Waals surface area (Å²) in [6.07, 6.45) is 4.01. The molecule has 0 spiro atoms. The van der Waals surface area contributed by atoms with Gasteiger partial charge in [0.05, 0.1) is 17.9 Å². The van der Waals surface area contributed by atoms with Gasteiger partial charge in [-0.3, -0.25) is 0 Å². The van der Waals surface area contributed by atoms with E-state index in [4.69, 9.17) is 0 Å². The summed E-state index contributed by atoms with van der Waals surface area (Å²) >= 11 is 3.55. The molecule has 20 heavy (non-hydrogen) atoms. The number of aromatic nitrogens is 3. The third kappa shape index (κ3) is 3.67. The van der Waals surface area contributed by atoms with Crippen molar-refractivity contribution in [2.24, 2.45) is 0 Å². The van der Waals surface area contributed by atoms with Crippen LogP contribution in [0.15, 0.2) is 34.9 Å². The van der Waals surface area contributed by atoms with Gasteiger partial charge in [0.15, 0.2) is 0 Å². The van der Waals surface area contributed by atoms with Crippen LogP contribution in [0.25, 0.3) is 0 Å². The maximum Gasteiger partial charge on any atom is 0.0802 e. The molecule has 0 amide bonds. The molecule has 2 aromatic rings. The van der Waals surface area contributed by atoms with Crippen molar-refractivity contribution in [3.05, 3.63) is 46.2 Å². The van der Waals surface area contributed by atoms with Gasteiger partial charge in [-0.25, -0.2) is 4.68 Å². The molecule has 1 aromatic heterocycles. The largest absolute Gasteiger partial charge is 0.305 e. The van der Waals surface area contributed by atoms with Crippen LogP contribution in [0.2, 0.25) is 0 Å². The van der Waals surface area contributed by atoms with E-state index in [9.17, 15) is 0 Å². The molecule has 4 nitrogen and oxygen atoms in total. The molecule has 5 heteroatoms. The first-order chi connectivity index (χ1) is 9.76. The van der Waals surface area contributed by atoms with E-state index in [-0.39, 0.29) is 6.04 Å². The van der Waals surface area contributed by atoms with E-state index in [0.717, 1.165) is 36.1 Å². The van der Waals surface area contributed by atoms with Crippen molar-refractivity contribution in [3.63, 3.8) is 0 Å². The minimum absolute atomic E-state index is 0.133. The Balaban J connectivity index is 2.33. The van der Waals surface area contributed by atoms with Crippen LogP contribution in [0.1, 0.15) is 44.0 Å². The Morgan fingerprint density at radius 2 is 2.15 bits per heavy atom. The molecule has 1 unspecified atom stereocenters. The number of nitrogens with zero attached hydrogens (tertiary/aromatic N) is 3. The Hall–Kier alpha value is -1.20. The highest BCUT2D eigenvalue weighted by Crippen LogP contribution is 2.24. The minimum atomic E-state index is 0.133. The van der Waals surface area contributed by atoms with Crippen LogP contribution in [0.4, 0.5) is 0 Å². The number of nitrogens with one attached hydrogen (secondary N) is 1. The van der Waals surface area contributed by atoms with Crippen molar-refractivity contribution in [1.29, 1.82) is 0 Å². The molecular formula is C15H21BrN4. The average molecular weight is 337 g/mol. The topological polar surface area (TPSA) is 42.7 Å². The van der Waals surface area contributed by atoms with Gasteiger partial charge in [-0.15, -0.1) is 5.10 Å². The van der Waals surface area contributed by atoms with Gasteiger partial charge in [0.2, 0.25) is 0 Å². The van der Waals surface area contributed by atoms with E-state index >= 15 is 0 Å². The monoisotopic (exact) mass is 336 g/mol. The van der Waals surface area contributed by atoms with Gasteiger partial charge in [0, 0.05) is 11.0 Å². The number of hydrogen-bond donors (Lipinski definition) is 1. The third-order valence-electron chi connectivity index (χ3n) is 3.16. The summed E-state index contributed by atoms with van der Waals surface area (Å²) in [6.45, 7) is 6.19. The lowest BCUT2D eigenvalue weighted by Gasteiger charge is -2.20. The van der Waals surface area contributed by atoms with E-state index in [1.807, 2.05) is 16.9 Å². The fourth-order valence-corrected chi connectivity index (χ4v) is 2.66. The van der Waals surface area contributed by atoms with Gasteiger partial charge in [-0.05, 0) is 37.1 Å². The zero-order valence-electron chi connectivity index (χ0n) is 12.0. The highest BCUT2D eigenvalue weighted by atomic mass is 79.9. The molecule has 1 aromatic carbocycles. The molecule has 0 saturated heterocycles. The van der Waals surface area contributed by atoms with Crippen molar-refractivity contribution in [3.8, 4) is 0 Å². The van der Waals surface area contributed by atoms with E-state index in [1.54, 1.807) is 0 Å². The Labute approximate surface area is 128 Å². The Morgan fingerprint density at radius 3 is 2.85 bits per heavy atom. The van der Waals surface area contributed by atoms with Crippen LogP contribution in [-0.4, -0.2) is 21.5 Å². The second-order valence-corrected chi connectivity index (χ2v) is 5.74. The fraction of sp³-hybridized carbons (Fsp3) is 0.467. The second-order valence-electron chi connectivity index (χ2n) is 4.82. The Morgan fingerprint density at radius 1 is 1.30 bits per heavy atom. The fourth-order valence-electron chi connectivity index (χ4n) is 2.24. The SMILES string of the molecule is CCCNC(c1cccc(Br)c1)c1cnnn1CCC. The summed E-state index contributed by atoms with van der Waals surface area (Å²) in [5, 5.41) is 11.9. The van der Waals surface area contributed by atoms with Crippen LogP contribution in [0, 0.1) is 0 Å². The molecular weight excluding hydrogens is 316 g/mol. The molecule has 1 heterocycles. The number of halogens is 1. The Bertz CT molecular complexity index is 538. The second kappa shape index (κ2) is 7.55. The molecule has 0 bridgehead atoms. The van der Waals surface area contributed by atoms with Crippen molar-refractivity contribution < 1.29 is 0 Å². The molecule has 1 N–H and O–H groups in total. The van der Waals surface area contributed by atoms with Gasteiger partial charge in [-0.1, -0.05) is 47.1 Å². The molecule has 0 radical (unpaired) electrons. The first kappa shape index (κ1) is 15.2. The average Bonchev–Trinajstić information content (AvgIpc) is 2.88. The first-order valence-corrected chi connectivity index (χ1v) is 7.92. The molecule has 1 atom stereocenters. The maximum absolute atomic E-state index is 4.20. The van der Waals surface area contributed by atoms with Gasteiger partial charge < -0.3 is 5.32 Å². The highest BCUT2D eigenvalue weighted by Gasteiger charge is 2.18. The van der Waals surface area contributed by atoms with E-state index < -0.39 is 0 Å². The van der Waals surface area contributed by atoms with Crippen molar-refractivity contribution in [2.75, 3.05) is 6.54 Å². The summed E-state index contributed by atoms with van der Waals surface area (Å²) in [4.78, 5) is 0. The first-order valence-electron chi connectivity index (χ1n) is 7.13. The molecule has 108 valence electrons. The van der Waals surface area contributed by atoms with Gasteiger partial charge in [0.1, 0.15) is 0 Å². The zero-order chi connectivity index (χ0) is 14.4. The lowest BCUT2D eigenvalue weighted by Crippen LogP contribution is -2.26. The third-order valence-corrected chi connectivity index (χ3v) is 3.65. The van der Waals surface area contributed by atoms with E-state index in [0.29, 0.717) is 0 Å². The van der Waals surface area contributed by atoms with Crippen LogP contribution in [0.5, 0.6) is 0 Å². The Kier molecular flexibility index (Phi) is 5.73. The summed E-state index contributed by atoms with van der Waals surface area (Å²) in [7, 11) is 0. The highest BCUT2D eigenvalue weighted by molar-refractivity contribution is 9.10. The van der Waals surface area contributed by atoms with Crippen LogP contribution in [0.3, 0.4) is 0 Å². The zero-order valence-corrected chi connectivity index (χ0v) is 13.6. The molecule has 0 fully saturated rings. The lowest BCUT2D eigenvalue weighted by atomic mass is 10.0. The van der Waals surface area contributed by atoms with Crippen LogP contribution >= 0.6 is 15.9 Å². The summed E-state index contributed by atoms with van der Waals surface area (Å²) in [6, 6.07) is 8.53. The molecule has 0 aliphatic rings. The van der Waals surface area contributed by atoms with Gasteiger partial charge >= 0.3 is 0 Å². The smallest absolute Gasteiger partial charge is 0.0802 e. The van der Waals surface area contributed by atoms with Crippen LogP contribution in [-0.2, 0) is 6.54 Å². The van der Waals surface area contributed by atoms with Crippen molar-refractivity contribution in [1.82, 2.24) is 20.3 Å². The number of benzene rings is 1. The molecule has 0 saturated carbocycles. The van der Waals surface area contributed by atoms with E-state index in [1.165, 1.54) is 5.56 Å². The molecule has 2 rings (SSSR count). The summed E-state index contributed by atoms with van der Waals surface area (Å²) in [5.74, 6) is 0. The van der Waals surface area contributed by atoms with Crippen molar-refractivity contribution in [2.45, 2.75) is 39.3 Å². The van der Waals surface area contributed by atoms with Gasteiger partial charge in [-0.2, -0.15) is 0 Å². The summed E-state index contributed by atoms with van der Waals surface area (Å²) < 4.78 is 3.08. The van der Waals surface area contributed by atoms with Crippen LogP contribution < -0.4 is 5.32 Å². The number of rotatable bonds is 7. The molecule has 0 aliphatic heterocycles. The normalized spacial score (nSPS) is 12.6. The lowest BCUT2D eigenvalue weighted by molar-refractivity contribution is 0.504. The maximum atomic E-state index is 4.20. The quantitative estimate of drug-likeness (QED) is 0.840. The standard InChI is InChI=1S/C15H21BrN4/c1-3-8-17-15(12-6-5-7-13(16)10-12)14-11-18-19-20(14)9-4-2/h5-7,10-11,15,17H,3-4,8-9H2,1-2H3. The van der Waals surface area contributed by atoms with Gasteiger partial charge in [0.25, 0.3) is 0 Å². The minimum Gasteiger partial charge on any atom is -0.305 e. The number of hydrogen-bond acceptors (Lipinski definition) is 3. The summed E-state index contributed by atoms with van der Waals surface area (Å²) in [5.41, 5.74) is 2.35. The molecule has 0 aliphatic carbocycles. The van der Waals surface area contributed by atoms with Crippen molar-refractivity contribution >= 4 is 15.9 Å². The predicted molar refractivity (Wildman–Crippen MR) is 84.6 cm³/mol. The predicted octanol–water partition coefficient (Wildman–Crippen LogP) is 3.54.